The van der Waals surface area contributed by atoms with E-state index in [-0.39, 0.29) is 6.29 Å². The van der Waals surface area contributed by atoms with Crippen LogP contribution in [0.5, 0.6) is 0 Å². The molecule has 114 valence electrons. The van der Waals surface area contributed by atoms with Crippen molar-refractivity contribution < 1.29 is 14.6 Å². The van der Waals surface area contributed by atoms with Gasteiger partial charge in [-0.15, -0.1) is 0 Å². The number of aryl methyl sites for hydroxylation is 1. The fourth-order valence-electron chi connectivity index (χ4n) is 2.75. The predicted octanol–water partition coefficient (Wildman–Crippen LogP) is 2.60. The third-order valence-corrected chi connectivity index (χ3v) is 4.05. The van der Waals surface area contributed by atoms with Crippen molar-refractivity contribution in [1.29, 1.82) is 0 Å². The van der Waals surface area contributed by atoms with E-state index in [9.17, 15) is 5.11 Å². The summed E-state index contributed by atoms with van der Waals surface area (Å²) < 4.78 is 13.3. The monoisotopic (exact) mass is 290 g/mol. The molecular formula is C16H22N2O3. The average molecular weight is 290 g/mol. The highest BCUT2D eigenvalue weighted by molar-refractivity contribution is 5.27. The molecule has 21 heavy (non-hydrogen) atoms. The van der Waals surface area contributed by atoms with Gasteiger partial charge in [-0.2, -0.15) is 0 Å². The maximum Gasteiger partial charge on any atom is 0.199 e. The quantitative estimate of drug-likeness (QED) is 0.926. The largest absolute Gasteiger partial charge is 0.469 e. The van der Waals surface area contributed by atoms with Gasteiger partial charge in [0, 0.05) is 19.9 Å². The van der Waals surface area contributed by atoms with E-state index in [1.165, 1.54) is 0 Å². The van der Waals surface area contributed by atoms with Gasteiger partial charge in [-0.05, 0) is 30.9 Å². The van der Waals surface area contributed by atoms with E-state index in [4.69, 9.17) is 9.47 Å². The maximum atomic E-state index is 10.4. The molecule has 2 atom stereocenters. The van der Waals surface area contributed by atoms with E-state index in [1.807, 2.05) is 23.8 Å². The highest BCUT2D eigenvalue weighted by Crippen LogP contribution is 2.30. The van der Waals surface area contributed by atoms with Gasteiger partial charge in [0.25, 0.3) is 0 Å². The summed E-state index contributed by atoms with van der Waals surface area (Å²) in [5.74, 6) is 0.947. The molecule has 0 radical (unpaired) electrons. The lowest BCUT2D eigenvalue weighted by Gasteiger charge is -2.26. The third kappa shape index (κ3) is 3.36. The van der Waals surface area contributed by atoms with Crippen molar-refractivity contribution in [3.8, 4) is 0 Å². The Morgan fingerprint density at radius 1 is 1.38 bits per heavy atom. The van der Waals surface area contributed by atoms with Gasteiger partial charge in [-0.25, -0.2) is 4.98 Å². The van der Waals surface area contributed by atoms with Gasteiger partial charge in [0.05, 0.1) is 30.6 Å². The first-order valence-corrected chi connectivity index (χ1v) is 7.56. The number of aromatic nitrogens is 2. The summed E-state index contributed by atoms with van der Waals surface area (Å²) in [6, 6.07) is 0. The molecule has 0 amide bonds. The van der Waals surface area contributed by atoms with Crippen molar-refractivity contribution in [3.63, 3.8) is 0 Å². The van der Waals surface area contributed by atoms with Gasteiger partial charge in [0.15, 0.2) is 6.29 Å². The molecule has 1 fully saturated rings. The van der Waals surface area contributed by atoms with Crippen LogP contribution in [-0.4, -0.2) is 27.6 Å². The Labute approximate surface area is 124 Å². The number of aliphatic hydroxyl groups excluding tert-OH is 1. The van der Waals surface area contributed by atoms with E-state index in [0.717, 1.165) is 55.7 Å². The Bertz CT molecular complexity index is 541. The fraction of sp³-hybridized carbons (Fsp3) is 0.562. The van der Waals surface area contributed by atoms with Gasteiger partial charge in [-0.3, -0.25) is 0 Å². The van der Waals surface area contributed by atoms with Crippen molar-refractivity contribution in [1.82, 2.24) is 9.55 Å². The number of ether oxygens (including phenoxy) is 2. The number of allylic oxidation sites excluding steroid dienone is 3. The van der Waals surface area contributed by atoms with Crippen molar-refractivity contribution in [3.05, 3.63) is 41.7 Å². The lowest BCUT2D eigenvalue weighted by molar-refractivity contribution is -0.140. The van der Waals surface area contributed by atoms with Gasteiger partial charge in [-0.1, -0.05) is 6.08 Å². The van der Waals surface area contributed by atoms with Crippen LogP contribution in [0.1, 0.15) is 43.9 Å². The summed E-state index contributed by atoms with van der Waals surface area (Å²) in [7, 11) is 1.89. The molecular weight excluding hydrogens is 268 g/mol. The standard InChI is InChI=1S/C16H22N2O3/c1-18-11-17-10-14(18)16(19)12-5-7-13(8-6-12)21-15-4-2-3-9-20-15/h5,7,10-11,15-16,19H,2-4,6,8-9H2,1H3. The topological polar surface area (TPSA) is 56.5 Å². The zero-order chi connectivity index (χ0) is 14.7. The molecule has 1 aliphatic heterocycles. The van der Waals surface area contributed by atoms with Crippen LogP contribution >= 0.6 is 0 Å². The molecule has 2 unspecified atom stereocenters. The molecule has 2 aliphatic rings. The van der Waals surface area contributed by atoms with Crippen LogP contribution in [0, 0.1) is 0 Å². The van der Waals surface area contributed by atoms with Crippen LogP contribution < -0.4 is 0 Å². The Balaban J connectivity index is 1.63. The van der Waals surface area contributed by atoms with Crippen LogP contribution in [0.3, 0.4) is 0 Å². The van der Waals surface area contributed by atoms with Crippen molar-refractivity contribution >= 4 is 0 Å². The maximum absolute atomic E-state index is 10.4. The molecule has 1 aromatic heterocycles. The number of imidazole rings is 1. The minimum Gasteiger partial charge on any atom is -0.469 e. The van der Waals surface area contributed by atoms with E-state index in [2.05, 4.69) is 4.98 Å². The molecule has 0 aromatic carbocycles. The fourth-order valence-corrected chi connectivity index (χ4v) is 2.75. The molecule has 1 saturated heterocycles. The number of hydrogen-bond acceptors (Lipinski definition) is 4. The number of rotatable bonds is 4. The zero-order valence-electron chi connectivity index (χ0n) is 12.4. The van der Waals surface area contributed by atoms with E-state index >= 15 is 0 Å². The molecule has 0 spiro atoms. The molecule has 5 nitrogen and oxygen atoms in total. The predicted molar refractivity (Wildman–Crippen MR) is 78.2 cm³/mol. The van der Waals surface area contributed by atoms with Crippen LogP contribution in [0.25, 0.3) is 0 Å². The van der Waals surface area contributed by atoms with Crippen LogP contribution in [0.4, 0.5) is 0 Å². The van der Waals surface area contributed by atoms with Gasteiger partial charge >= 0.3 is 0 Å². The van der Waals surface area contributed by atoms with Crippen LogP contribution in [0.2, 0.25) is 0 Å². The number of aliphatic hydroxyl groups is 1. The molecule has 1 N–H and O–H groups in total. The second-order valence-electron chi connectivity index (χ2n) is 5.62. The Morgan fingerprint density at radius 3 is 2.90 bits per heavy atom. The summed E-state index contributed by atoms with van der Waals surface area (Å²) in [4.78, 5) is 4.05. The SMILES string of the molecule is Cn1cncc1C(O)C1=CC=C(OC2CCCCO2)CC1. The summed E-state index contributed by atoms with van der Waals surface area (Å²) >= 11 is 0. The summed E-state index contributed by atoms with van der Waals surface area (Å²) in [5.41, 5.74) is 1.81. The normalized spacial score (nSPS) is 24.2. The summed E-state index contributed by atoms with van der Waals surface area (Å²) in [6.07, 6.45) is 11.5. The number of nitrogens with zero attached hydrogens (tertiary/aromatic N) is 2. The van der Waals surface area contributed by atoms with Crippen molar-refractivity contribution in [2.75, 3.05) is 6.61 Å². The van der Waals surface area contributed by atoms with Gasteiger partial charge < -0.3 is 19.1 Å². The minimum atomic E-state index is -0.596. The van der Waals surface area contributed by atoms with Gasteiger partial charge in [0.2, 0.25) is 0 Å². The molecule has 0 bridgehead atoms. The lowest BCUT2D eigenvalue weighted by Crippen LogP contribution is -2.22. The zero-order valence-corrected chi connectivity index (χ0v) is 12.4. The third-order valence-electron chi connectivity index (χ3n) is 4.05. The summed E-state index contributed by atoms with van der Waals surface area (Å²) in [5, 5.41) is 10.4. The highest BCUT2D eigenvalue weighted by atomic mass is 16.7. The second-order valence-corrected chi connectivity index (χ2v) is 5.62. The minimum absolute atomic E-state index is 0.0954. The van der Waals surface area contributed by atoms with E-state index in [1.54, 1.807) is 12.5 Å². The first kappa shape index (κ1) is 14.4. The molecule has 2 heterocycles. The molecule has 1 aromatic rings. The molecule has 3 rings (SSSR count). The first-order chi connectivity index (χ1) is 10.2. The number of hydrogen-bond donors (Lipinski definition) is 1. The van der Waals surface area contributed by atoms with Crippen LogP contribution in [-0.2, 0) is 16.5 Å². The Hall–Kier alpha value is -1.59. The van der Waals surface area contributed by atoms with Crippen molar-refractivity contribution in [2.45, 2.75) is 44.5 Å². The van der Waals surface area contributed by atoms with E-state index < -0.39 is 6.10 Å². The smallest absolute Gasteiger partial charge is 0.199 e. The van der Waals surface area contributed by atoms with Crippen LogP contribution in [0.15, 0.2) is 36.0 Å². The van der Waals surface area contributed by atoms with E-state index in [0.29, 0.717) is 0 Å². The van der Waals surface area contributed by atoms with Crippen molar-refractivity contribution in [2.24, 2.45) is 7.05 Å². The van der Waals surface area contributed by atoms with Gasteiger partial charge in [0.1, 0.15) is 6.10 Å². The highest BCUT2D eigenvalue weighted by Gasteiger charge is 2.21. The average Bonchev–Trinajstić information content (AvgIpc) is 2.94. The first-order valence-electron chi connectivity index (χ1n) is 7.56. The lowest BCUT2D eigenvalue weighted by atomic mass is 9.97. The second kappa shape index (κ2) is 6.45. The Morgan fingerprint density at radius 2 is 2.29 bits per heavy atom. The molecule has 5 heteroatoms. The summed E-state index contributed by atoms with van der Waals surface area (Å²) in [6.45, 7) is 0.790. The molecule has 1 aliphatic carbocycles. The Kier molecular flexibility index (Phi) is 4.41. The molecule has 0 saturated carbocycles.